The van der Waals surface area contributed by atoms with E-state index in [4.69, 9.17) is 4.74 Å². The SMILES string of the molecule is CN1CCCC(NC(=O)c2cc(-c3ccc(OCC(F)(F)F)cc3)nc(N3CC(O)C3)c2)C1. The van der Waals surface area contributed by atoms with Crippen LogP contribution in [0.4, 0.5) is 19.0 Å². The molecule has 1 aromatic carbocycles. The Morgan fingerprint density at radius 1 is 1.21 bits per heavy atom. The molecule has 2 saturated heterocycles. The number of hydrogen-bond acceptors (Lipinski definition) is 6. The van der Waals surface area contributed by atoms with Crippen LogP contribution in [0.25, 0.3) is 11.3 Å². The number of nitrogens with zero attached hydrogens (tertiary/aromatic N) is 3. The maximum absolute atomic E-state index is 13.0. The number of likely N-dealkylation sites (N-methyl/N-ethyl adjacent to an activating group) is 1. The largest absolute Gasteiger partial charge is 0.484 e. The molecular weight excluding hydrogens is 437 g/mol. The molecule has 1 aromatic heterocycles. The number of piperidine rings is 1. The predicted octanol–water partition coefficient (Wildman–Crippen LogP) is 2.69. The third kappa shape index (κ3) is 6.14. The van der Waals surface area contributed by atoms with Gasteiger partial charge in [0.15, 0.2) is 6.61 Å². The lowest BCUT2D eigenvalue weighted by Gasteiger charge is -2.37. The highest BCUT2D eigenvalue weighted by Gasteiger charge is 2.29. The third-order valence-electron chi connectivity index (χ3n) is 5.77. The minimum absolute atomic E-state index is 0.0622. The Balaban J connectivity index is 1.55. The Morgan fingerprint density at radius 2 is 1.94 bits per heavy atom. The van der Waals surface area contributed by atoms with Crippen molar-refractivity contribution < 1.29 is 27.8 Å². The minimum atomic E-state index is -4.41. The summed E-state index contributed by atoms with van der Waals surface area (Å²) in [6, 6.07) is 9.56. The standard InChI is InChI=1S/C23H27F3N4O3/c1-29-8-2-3-17(11-29)27-22(32)16-9-20(28-21(10-16)30-12-18(31)13-30)15-4-6-19(7-5-15)33-14-23(24,25)26/h4-7,9-10,17-18,31H,2-3,8,11-14H2,1H3,(H,27,32). The van der Waals surface area contributed by atoms with Crippen molar-refractivity contribution >= 4 is 11.7 Å². The van der Waals surface area contributed by atoms with Crippen LogP contribution in [-0.4, -0.2) is 79.1 Å². The van der Waals surface area contributed by atoms with Crippen molar-refractivity contribution in [1.29, 1.82) is 0 Å². The van der Waals surface area contributed by atoms with Gasteiger partial charge in [0, 0.05) is 36.8 Å². The zero-order chi connectivity index (χ0) is 23.6. The molecule has 2 fully saturated rings. The zero-order valence-corrected chi connectivity index (χ0v) is 18.3. The molecule has 178 valence electrons. The van der Waals surface area contributed by atoms with Crippen molar-refractivity contribution in [1.82, 2.24) is 15.2 Å². The fourth-order valence-corrected chi connectivity index (χ4v) is 4.04. The number of alkyl halides is 3. The zero-order valence-electron chi connectivity index (χ0n) is 18.3. The first kappa shape index (κ1) is 23.3. The molecule has 0 saturated carbocycles. The molecule has 1 atom stereocenters. The van der Waals surface area contributed by atoms with E-state index >= 15 is 0 Å². The molecule has 2 aromatic rings. The minimum Gasteiger partial charge on any atom is -0.484 e. The average Bonchev–Trinajstić information content (AvgIpc) is 2.75. The molecule has 33 heavy (non-hydrogen) atoms. The topological polar surface area (TPSA) is 77.9 Å². The van der Waals surface area contributed by atoms with Gasteiger partial charge in [0.1, 0.15) is 11.6 Å². The van der Waals surface area contributed by atoms with Crippen molar-refractivity contribution in [3.8, 4) is 17.0 Å². The van der Waals surface area contributed by atoms with E-state index < -0.39 is 18.9 Å². The highest BCUT2D eigenvalue weighted by Crippen LogP contribution is 2.28. The Bertz CT molecular complexity index is 978. The number of likely N-dealkylation sites (tertiary alicyclic amines) is 1. The fourth-order valence-electron chi connectivity index (χ4n) is 4.04. The lowest BCUT2D eigenvalue weighted by Crippen LogP contribution is -2.51. The molecule has 1 unspecified atom stereocenters. The molecule has 10 heteroatoms. The molecule has 0 aliphatic carbocycles. The number of anilines is 1. The van der Waals surface area contributed by atoms with Crippen molar-refractivity contribution in [2.75, 3.05) is 44.7 Å². The summed E-state index contributed by atoms with van der Waals surface area (Å²) in [6.07, 6.45) is -2.91. The van der Waals surface area contributed by atoms with E-state index in [2.05, 4.69) is 15.2 Å². The second-order valence-corrected chi connectivity index (χ2v) is 8.66. The second-order valence-electron chi connectivity index (χ2n) is 8.66. The van der Waals surface area contributed by atoms with Gasteiger partial charge in [0.05, 0.1) is 11.8 Å². The number of benzene rings is 1. The van der Waals surface area contributed by atoms with Crippen LogP contribution in [0.3, 0.4) is 0 Å². The number of pyridine rings is 1. The Morgan fingerprint density at radius 3 is 2.58 bits per heavy atom. The number of halogens is 3. The van der Waals surface area contributed by atoms with E-state index in [0.717, 1.165) is 25.9 Å². The van der Waals surface area contributed by atoms with Gasteiger partial charge in [-0.25, -0.2) is 4.98 Å². The van der Waals surface area contributed by atoms with Gasteiger partial charge >= 0.3 is 6.18 Å². The number of ether oxygens (including phenoxy) is 1. The van der Waals surface area contributed by atoms with Gasteiger partial charge in [-0.1, -0.05) is 0 Å². The normalized spacial score (nSPS) is 19.8. The first-order valence-corrected chi connectivity index (χ1v) is 10.9. The molecule has 2 aliphatic rings. The van der Waals surface area contributed by atoms with Crippen molar-refractivity contribution in [2.24, 2.45) is 0 Å². The van der Waals surface area contributed by atoms with Crippen molar-refractivity contribution in [2.45, 2.75) is 31.2 Å². The lowest BCUT2D eigenvalue weighted by molar-refractivity contribution is -0.153. The molecule has 4 rings (SSSR count). The molecule has 0 spiro atoms. The molecular formula is C23H27F3N4O3. The first-order valence-electron chi connectivity index (χ1n) is 10.9. The predicted molar refractivity (Wildman–Crippen MR) is 117 cm³/mol. The number of nitrogens with one attached hydrogen (secondary N) is 1. The number of amides is 1. The monoisotopic (exact) mass is 464 g/mol. The van der Waals surface area contributed by atoms with E-state index in [-0.39, 0.29) is 17.7 Å². The maximum Gasteiger partial charge on any atom is 0.422 e. The first-order chi connectivity index (χ1) is 15.7. The number of aromatic nitrogens is 1. The van der Waals surface area contributed by atoms with Crippen LogP contribution in [0.1, 0.15) is 23.2 Å². The van der Waals surface area contributed by atoms with E-state index in [1.807, 2.05) is 11.9 Å². The van der Waals surface area contributed by atoms with Gasteiger partial charge in [-0.2, -0.15) is 13.2 Å². The van der Waals surface area contributed by atoms with Crippen molar-refractivity contribution in [3.05, 3.63) is 42.0 Å². The Labute approximate surface area is 190 Å². The number of β-amino-alcohol motifs (C(OH)–C–C–N with tert-alkyl or cyclic N) is 1. The van der Waals surface area contributed by atoms with Crippen LogP contribution >= 0.6 is 0 Å². The van der Waals surface area contributed by atoms with Gasteiger partial charge in [0.25, 0.3) is 5.91 Å². The van der Waals surface area contributed by atoms with Crippen LogP contribution in [0.2, 0.25) is 0 Å². The number of aliphatic hydroxyl groups is 1. The molecule has 2 aliphatic heterocycles. The third-order valence-corrected chi connectivity index (χ3v) is 5.77. The van der Waals surface area contributed by atoms with Crippen LogP contribution in [0.5, 0.6) is 5.75 Å². The lowest BCUT2D eigenvalue weighted by atomic mass is 10.0. The van der Waals surface area contributed by atoms with Crippen molar-refractivity contribution in [3.63, 3.8) is 0 Å². The summed E-state index contributed by atoms with van der Waals surface area (Å²) in [5.41, 5.74) is 1.60. The van der Waals surface area contributed by atoms with Gasteiger partial charge in [-0.05, 0) is 62.8 Å². The molecule has 3 heterocycles. The summed E-state index contributed by atoms with van der Waals surface area (Å²) >= 11 is 0. The highest BCUT2D eigenvalue weighted by molar-refractivity contribution is 5.96. The van der Waals surface area contributed by atoms with Gasteiger partial charge in [0.2, 0.25) is 0 Å². The quantitative estimate of drug-likeness (QED) is 0.685. The van der Waals surface area contributed by atoms with Crippen LogP contribution in [0, 0.1) is 0 Å². The Hall–Kier alpha value is -2.85. The van der Waals surface area contributed by atoms with E-state index in [1.165, 1.54) is 12.1 Å². The number of aliphatic hydroxyl groups excluding tert-OH is 1. The van der Waals surface area contributed by atoms with Gasteiger partial charge in [-0.3, -0.25) is 4.79 Å². The number of carbonyl (C=O) groups is 1. The summed E-state index contributed by atoms with van der Waals surface area (Å²) in [7, 11) is 2.03. The van der Waals surface area contributed by atoms with Crippen LogP contribution in [0.15, 0.2) is 36.4 Å². The average molecular weight is 464 g/mol. The number of hydrogen-bond donors (Lipinski definition) is 2. The summed E-state index contributed by atoms with van der Waals surface area (Å²) in [6.45, 7) is 1.28. The second kappa shape index (κ2) is 9.56. The maximum atomic E-state index is 13.0. The number of carbonyl (C=O) groups excluding carboxylic acids is 1. The van der Waals surface area contributed by atoms with E-state index in [1.54, 1.807) is 24.3 Å². The molecule has 0 radical (unpaired) electrons. The number of rotatable bonds is 6. The highest BCUT2D eigenvalue weighted by atomic mass is 19.4. The molecule has 2 N–H and O–H groups in total. The summed E-state index contributed by atoms with van der Waals surface area (Å²) in [5, 5.41) is 12.8. The van der Waals surface area contributed by atoms with Crippen LogP contribution < -0.4 is 15.0 Å². The van der Waals surface area contributed by atoms with E-state index in [9.17, 15) is 23.1 Å². The summed E-state index contributed by atoms with van der Waals surface area (Å²) in [5.74, 6) is 0.463. The Kier molecular flexibility index (Phi) is 6.76. The van der Waals surface area contributed by atoms with Crippen LogP contribution in [-0.2, 0) is 0 Å². The summed E-state index contributed by atoms with van der Waals surface area (Å²) < 4.78 is 41.9. The van der Waals surface area contributed by atoms with Gasteiger partial charge in [-0.15, -0.1) is 0 Å². The molecule has 0 bridgehead atoms. The van der Waals surface area contributed by atoms with Gasteiger partial charge < -0.3 is 25.0 Å². The smallest absolute Gasteiger partial charge is 0.422 e. The molecule has 7 nitrogen and oxygen atoms in total. The molecule has 1 amide bonds. The summed E-state index contributed by atoms with van der Waals surface area (Å²) in [4.78, 5) is 21.7. The van der Waals surface area contributed by atoms with E-state index in [0.29, 0.717) is 35.7 Å². The fraction of sp³-hybridized carbons (Fsp3) is 0.478.